The first-order valence-electron chi connectivity index (χ1n) is 5.53. The Kier molecular flexibility index (Phi) is 2.84. The molecule has 1 saturated carbocycles. The van der Waals surface area contributed by atoms with Crippen molar-refractivity contribution in [3.05, 3.63) is 17.7 Å². The molecule has 0 heterocycles. The molecule has 2 rings (SSSR count). The largest absolute Gasteiger partial charge is 0.507 e. The first-order chi connectivity index (χ1) is 8.16. The molecule has 0 spiro atoms. The zero-order chi connectivity index (χ0) is 12.5. The third kappa shape index (κ3) is 1.68. The van der Waals surface area contributed by atoms with Gasteiger partial charge < -0.3 is 14.6 Å². The van der Waals surface area contributed by atoms with Crippen LogP contribution in [0.25, 0.3) is 0 Å². The minimum atomic E-state index is -0.596. The van der Waals surface area contributed by atoms with Crippen LogP contribution >= 0.6 is 0 Å². The number of rotatable bonds is 3. The van der Waals surface area contributed by atoms with Crippen molar-refractivity contribution in [1.29, 1.82) is 5.26 Å². The van der Waals surface area contributed by atoms with Crippen LogP contribution in [0.3, 0.4) is 0 Å². The van der Waals surface area contributed by atoms with Gasteiger partial charge in [0.15, 0.2) is 0 Å². The van der Waals surface area contributed by atoms with Gasteiger partial charge in [0.25, 0.3) is 0 Å². The van der Waals surface area contributed by atoms with E-state index in [0.29, 0.717) is 17.1 Å². The lowest BCUT2D eigenvalue weighted by molar-refractivity contribution is 0.292. The molecule has 4 nitrogen and oxygen atoms in total. The van der Waals surface area contributed by atoms with E-state index in [0.717, 1.165) is 19.3 Å². The average molecular weight is 233 g/mol. The summed E-state index contributed by atoms with van der Waals surface area (Å²) >= 11 is 0. The summed E-state index contributed by atoms with van der Waals surface area (Å²) in [5.74, 6) is 1.11. The van der Waals surface area contributed by atoms with E-state index >= 15 is 0 Å². The molecular weight excluding hydrogens is 218 g/mol. The van der Waals surface area contributed by atoms with Crippen molar-refractivity contribution in [2.75, 3.05) is 14.2 Å². The predicted molar refractivity (Wildman–Crippen MR) is 62.4 cm³/mol. The fourth-order valence-electron chi connectivity index (χ4n) is 2.28. The number of ether oxygens (including phenoxy) is 2. The van der Waals surface area contributed by atoms with E-state index in [1.54, 1.807) is 6.07 Å². The molecule has 0 bridgehead atoms. The molecule has 1 N–H and O–H groups in total. The highest BCUT2D eigenvalue weighted by atomic mass is 16.5. The van der Waals surface area contributed by atoms with Gasteiger partial charge in [-0.05, 0) is 19.3 Å². The summed E-state index contributed by atoms with van der Waals surface area (Å²) in [5.41, 5.74) is -0.00336. The normalized spacial score (nSPS) is 16.8. The number of benzene rings is 1. The summed E-state index contributed by atoms with van der Waals surface area (Å²) in [4.78, 5) is 0. The second kappa shape index (κ2) is 4.17. The molecule has 0 aliphatic heterocycles. The van der Waals surface area contributed by atoms with Crippen LogP contribution in [0.1, 0.15) is 24.8 Å². The fraction of sp³-hybridized carbons (Fsp3) is 0.462. The molecule has 0 aromatic heterocycles. The van der Waals surface area contributed by atoms with Crippen molar-refractivity contribution in [3.8, 4) is 23.3 Å². The Bertz CT molecular complexity index is 472. The first-order valence-corrected chi connectivity index (χ1v) is 5.53. The molecule has 0 unspecified atom stereocenters. The van der Waals surface area contributed by atoms with Gasteiger partial charge in [0, 0.05) is 12.1 Å². The Labute approximate surface area is 100 Å². The molecule has 1 aromatic rings. The van der Waals surface area contributed by atoms with E-state index in [4.69, 9.17) is 9.47 Å². The number of hydrogen-bond donors (Lipinski definition) is 1. The van der Waals surface area contributed by atoms with Crippen molar-refractivity contribution in [1.82, 2.24) is 0 Å². The van der Waals surface area contributed by atoms with Crippen LogP contribution in [0.5, 0.6) is 17.2 Å². The van der Waals surface area contributed by atoms with Crippen molar-refractivity contribution >= 4 is 0 Å². The molecule has 0 amide bonds. The number of methoxy groups -OCH3 is 2. The highest BCUT2D eigenvalue weighted by Gasteiger charge is 2.43. The smallest absolute Gasteiger partial charge is 0.131 e. The summed E-state index contributed by atoms with van der Waals surface area (Å²) in [6, 6.07) is 5.53. The van der Waals surface area contributed by atoms with Gasteiger partial charge in [-0.2, -0.15) is 5.26 Å². The summed E-state index contributed by atoms with van der Waals surface area (Å²) in [5, 5.41) is 19.4. The summed E-state index contributed by atoms with van der Waals surface area (Å²) in [6.07, 6.45) is 2.53. The standard InChI is InChI=1S/C13H15NO3/c1-16-9-6-10(15)12(11(7-9)17-2)13(8-14)4-3-5-13/h6-7,15H,3-5H2,1-2H3. The number of aromatic hydroxyl groups is 1. The van der Waals surface area contributed by atoms with Gasteiger partial charge in [0.2, 0.25) is 0 Å². The second-order valence-electron chi connectivity index (χ2n) is 4.27. The maximum atomic E-state index is 10.1. The average Bonchev–Trinajstić information content (AvgIpc) is 2.29. The zero-order valence-corrected chi connectivity index (χ0v) is 9.99. The highest BCUT2D eigenvalue weighted by molar-refractivity contribution is 5.57. The molecule has 1 aliphatic carbocycles. The van der Waals surface area contributed by atoms with E-state index in [2.05, 4.69) is 6.07 Å². The van der Waals surface area contributed by atoms with E-state index in [9.17, 15) is 10.4 Å². The van der Waals surface area contributed by atoms with Gasteiger partial charge in [-0.25, -0.2) is 0 Å². The lowest BCUT2D eigenvalue weighted by Crippen LogP contribution is -2.32. The highest BCUT2D eigenvalue weighted by Crippen LogP contribution is 2.51. The lowest BCUT2D eigenvalue weighted by Gasteiger charge is -2.36. The van der Waals surface area contributed by atoms with Crippen LogP contribution in [0.4, 0.5) is 0 Å². The lowest BCUT2D eigenvalue weighted by atomic mass is 9.65. The van der Waals surface area contributed by atoms with E-state index < -0.39 is 5.41 Å². The molecule has 0 saturated heterocycles. The summed E-state index contributed by atoms with van der Waals surface area (Å²) < 4.78 is 10.3. The zero-order valence-electron chi connectivity index (χ0n) is 9.99. The fourth-order valence-corrected chi connectivity index (χ4v) is 2.28. The quantitative estimate of drug-likeness (QED) is 0.870. The molecule has 4 heteroatoms. The van der Waals surface area contributed by atoms with Crippen molar-refractivity contribution < 1.29 is 14.6 Å². The number of phenolic OH excluding ortho intramolecular Hbond substituents is 1. The van der Waals surface area contributed by atoms with Crippen molar-refractivity contribution in [2.24, 2.45) is 0 Å². The van der Waals surface area contributed by atoms with Gasteiger partial charge >= 0.3 is 0 Å². The topological polar surface area (TPSA) is 62.5 Å². The maximum absolute atomic E-state index is 10.1. The van der Waals surface area contributed by atoms with E-state index in [-0.39, 0.29) is 5.75 Å². The Morgan fingerprint density at radius 2 is 2.00 bits per heavy atom. The Morgan fingerprint density at radius 3 is 2.41 bits per heavy atom. The molecule has 0 radical (unpaired) electrons. The van der Waals surface area contributed by atoms with Gasteiger partial charge in [0.1, 0.15) is 17.2 Å². The molecule has 1 aliphatic rings. The number of phenols is 1. The van der Waals surface area contributed by atoms with Crippen LogP contribution in [-0.2, 0) is 5.41 Å². The minimum Gasteiger partial charge on any atom is -0.507 e. The molecule has 0 atom stereocenters. The van der Waals surface area contributed by atoms with Crippen LogP contribution in [0.15, 0.2) is 12.1 Å². The number of hydrogen-bond acceptors (Lipinski definition) is 4. The Hall–Kier alpha value is -1.89. The minimum absolute atomic E-state index is 0.0717. The van der Waals surface area contributed by atoms with Crippen molar-refractivity contribution in [3.63, 3.8) is 0 Å². The molecule has 1 fully saturated rings. The first kappa shape index (κ1) is 11.6. The maximum Gasteiger partial charge on any atom is 0.131 e. The Balaban J connectivity index is 2.57. The number of nitriles is 1. The second-order valence-corrected chi connectivity index (χ2v) is 4.27. The molecule has 90 valence electrons. The Morgan fingerprint density at radius 1 is 1.29 bits per heavy atom. The SMILES string of the molecule is COc1cc(O)c(C2(C#N)CCC2)c(OC)c1. The summed E-state index contributed by atoms with van der Waals surface area (Å²) in [6.45, 7) is 0. The summed E-state index contributed by atoms with van der Waals surface area (Å²) in [7, 11) is 3.05. The van der Waals surface area contributed by atoms with Crippen LogP contribution in [-0.4, -0.2) is 19.3 Å². The van der Waals surface area contributed by atoms with E-state index in [1.165, 1.54) is 20.3 Å². The number of nitrogens with zero attached hydrogens (tertiary/aromatic N) is 1. The van der Waals surface area contributed by atoms with Gasteiger partial charge in [-0.3, -0.25) is 0 Å². The van der Waals surface area contributed by atoms with Crippen LogP contribution in [0.2, 0.25) is 0 Å². The predicted octanol–water partition coefficient (Wildman–Crippen LogP) is 2.35. The third-order valence-corrected chi connectivity index (χ3v) is 3.41. The monoisotopic (exact) mass is 233 g/mol. The van der Waals surface area contributed by atoms with Crippen molar-refractivity contribution in [2.45, 2.75) is 24.7 Å². The molecular formula is C13H15NO3. The van der Waals surface area contributed by atoms with Gasteiger partial charge in [-0.1, -0.05) is 0 Å². The molecule has 1 aromatic carbocycles. The van der Waals surface area contributed by atoms with Crippen LogP contribution < -0.4 is 9.47 Å². The van der Waals surface area contributed by atoms with E-state index in [1.807, 2.05) is 0 Å². The third-order valence-electron chi connectivity index (χ3n) is 3.41. The molecule has 17 heavy (non-hydrogen) atoms. The van der Waals surface area contributed by atoms with Gasteiger partial charge in [-0.15, -0.1) is 0 Å². The van der Waals surface area contributed by atoms with Gasteiger partial charge in [0.05, 0.1) is 31.3 Å². The van der Waals surface area contributed by atoms with Crippen LogP contribution in [0, 0.1) is 11.3 Å².